The first-order valence-electron chi connectivity index (χ1n) is 11.3. The van der Waals surface area contributed by atoms with Crippen molar-refractivity contribution in [2.24, 2.45) is 5.92 Å². The summed E-state index contributed by atoms with van der Waals surface area (Å²) >= 11 is 0. The largest absolute Gasteiger partial charge is 0.441 e. The minimum Gasteiger partial charge on any atom is -0.441 e. The molecule has 5 rings (SSSR count). The number of hydrogen-bond acceptors (Lipinski definition) is 7. The van der Waals surface area contributed by atoms with Gasteiger partial charge >= 0.3 is 12.3 Å². The van der Waals surface area contributed by atoms with Crippen LogP contribution in [-0.2, 0) is 10.9 Å². The predicted molar refractivity (Wildman–Crippen MR) is 122 cm³/mol. The van der Waals surface area contributed by atoms with Gasteiger partial charge in [-0.1, -0.05) is 6.07 Å². The van der Waals surface area contributed by atoms with Gasteiger partial charge in [0.1, 0.15) is 17.1 Å². The van der Waals surface area contributed by atoms with Crippen LogP contribution in [0.5, 0.6) is 0 Å². The van der Waals surface area contributed by atoms with E-state index in [9.17, 15) is 18.0 Å². The van der Waals surface area contributed by atoms with E-state index in [0.29, 0.717) is 36.2 Å². The SMILES string of the molecule is O=C1O[C@]2(CC[C@H](CNc3ccc(-c4cccc(C(F)(F)F)n4)cn3)CC2)CN1c1cccnn1. The molecular weight excluding hydrogens is 461 g/mol. The quantitative estimate of drug-likeness (QED) is 0.548. The molecule has 11 heteroatoms. The zero-order valence-corrected chi connectivity index (χ0v) is 18.7. The van der Waals surface area contributed by atoms with Gasteiger partial charge in [0.25, 0.3) is 0 Å². The van der Waals surface area contributed by atoms with Gasteiger partial charge in [0.2, 0.25) is 0 Å². The molecule has 35 heavy (non-hydrogen) atoms. The minimum absolute atomic E-state index is 0.220. The molecule has 1 N–H and O–H groups in total. The highest BCUT2D eigenvalue weighted by Crippen LogP contribution is 2.40. The zero-order valence-electron chi connectivity index (χ0n) is 18.7. The number of nitrogens with zero attached hydrogens (tertiary/aromatic N) is 5. The van der Waals surface area contributed by atoms with Crippen LogP contribution >= 0.6 is 0 Å². The maximum absolute atomic E-state index is 12.9. The molecule has 1 spiro atoms. The number of anilines is 2. The Kier molecular flexibility index (Phi) is 6.00. The first-order chi connectivity index (χ1) is 16.8. The van der Waals surface area contributed by atoms with E-state index in [1.807, 2.05) is 0 Å². The molecule has 2 fully saturated rings. The lowest BCUT2D eigenvalue weighted by molar-refractivity contribution is -0.141. The number of carbonyl (C=O) groups is 1. The van der Waals surface area contributed by atoms with Crippen LogP contribution < -0.4 is 10.2 Å². The maximum atomic E-state index is 12.9. The summed E-state index contributed by atoms with van der Waals surface area (Å²) in [5.41, 5.74) is -0.696. The summed E-state index contributed by atoms with van der Waals surface area (Å²) in [6, 6.07) is 10.7. The minimum atomic E-state index is -4.49. The summed E-state index contributed by atoms with van der Waals surface area (Å²) in [5, 5.41) is 11.2. The van der Waals surface area contributed by atoms with Crippen molar-refractivity contribution in [1.29, 1.82) is 0 Å². The molecule has 0 unspecified atom stereocenters. The van der Waals surface area contributed by atoms with Crippen molar-refractivity contribution in [2.75, 3.05) is 23.3 Å². The van der Waals surface area contributed by atoms with Crippen LogP contribution in [0.3, 0.4) is 0 Å². The van der Waals surface area contributed by atoms with Gasteiger partial charge in [0, 0.05) is 24.5 Å². The number of amides is 1. The van der Waals surface area contributed by atoms with Crippen molar-refractivity contribution in [3.8, 4) is 11.3 Å². The Balaban J connectivity index is 1.14. The molecule has 182 valence electrons. The van der Waals surface area contributed by atoms with Crippen LogP contribution in [0, 0.1) is 5.92 Å². The lowest BCUT2D eigenvalue weighted by atomic mass is 9.78. The number of alkyl halides is 3. The highest BCUT2D eigenvalue weighted by Gasteiger charge is 2.48. The van der Waals surface area contributed by atoms with Gasteiger partial charge in [-0.2, -0.15) is 18.3 Å². The van der Waals surface area contributed by atoms with Crippen LogP contribution in [-0.4, -0.2) is 44.9 Å². The molecule has 1 saturated carbocycles. The fraction of sp³-hybridized carbons (Fsp3) is 0.375. The predicted octanol–water partition coefficient (Wildman–Crippen LogP) is 4.95. The summed E-state index contributed by atoms with van der Waals surface area (Å²) in [6.45, 7) is 1.17. The number of rotatable bonds is 5. The monoisotopic (exact) mass is 484 g/mol. The molecule has 0 aromatic carbocycles. The van der Waals surface area contributed by atoms with E-state index in [4.69, 9.17) is 4.74 Å². The lowest BCUT2D eigenvalue weighted by Crippen LogP contribution is -2.39. The van der Waals surface area contributed by atoms with Crippen molar-refractivity contribution < 1.29 is 22.7 Å². The van der Waals surface area contributed by atoms with Crippen molar-refractivity contribution in [2.45, 2.75) is 37.5 Å². The Bertz CT molecular complexity index is 1180. The van der Waals surface area contributed by atoms with E-state index in [-0.39, 0.29) is 11.8 Å². The Hall–Kier alpha value is -3.76. The van der Waals surface area contributed by atoms with Crippen LogP contribution in [0.2, 0.25) is 0 Å². The topological polar surface area (TPSA) is 93.1 Å². The summed E-state index contributed by atoms with van der Waals surface area (Å²) in [5.74, 6) is 1.52. The molecule has 0 atom stereocenters. The Labute approximate surface area is 199 Å². The molecule has 1 aliphatic carbocycles. The average Bonchev–Trinajstić information content (AvgIpc) is 3.19. The molecule has 8 nitrogen and oxygen atoms in total. The summed E-state index contributed by atoms with van der Waals surface area (Å²) in [6.07, 6.45) is 1.49. The first-order valence-corrected chi connectivity index (χ1v) is 11.3. The summed E-state index contributed by atoms with van der Waals surface area (Å²) in [4.78, 5) is 22.0. The van der Waals surface area contributed by atoms with Crippen LogP contribution in [0.15, 0.2) is 54.9 Å². The smallest absolute Gasteiger partial charge is 0.433 e. The second-order valence-corrected chi connectivity index (χ2v) is 8.88. The molecule has 2 aliphatic rings. The zero-order chi connectivity index (χ0) is 24.5. The first kappa shape index (κ1) is 23.0. The Morgan fingerprint density at radius 1 is 1.11 bits per heavy atom. The van der Waals surface area contributed by atoms with Crippen molar-refractivity contribution in [3.63, 3.8) is 0 Å². The van der Waals surface area contributed by atoms with Crippen molar-refractivity contribution >= 4 is 17.7 Å². The number of nitrogens with one attached hydrogen (secondary N) is 1. The average molecular weight is 484 g/mol. The second kappa shape index (κ2) is 9.12. The van der Waals surface area contributed by atoms with Gasteiger partial charge in [-0.05, 0) is 68.0 Å². The molecule has 0 radical (unpaired) electrons. The fourth-order valence-corrected chi connectivity index (χ4v) is 4.56. The fourth-order valence-electron chi connectivity index (χ4n) is 4.56. The third-order valence-corrected chi connectivity index (χ3v) is 6.49. The van der Waals surface area contributed by atoms with E-state index in [0.717, 1.165) is 31.7 Å². The van der Waals surface area contributed by atoms with Crippen LogP contribution in [0.25, 0.3) is 11.3 Å². The summed E-state index contributed by atoms with van der Waals surface area (Å²) in [7, 11) is 0. The van der Waals surface area contributed by atoms with Gasteiger partial charge in [-0.3, -0.25) is 4.90 Å². The molecule has 4 heterocycles. The van der Waals surface area contributed by atoms with E-state index in [2.05, 4.69) is 25.5 Å². The molecule has 1 saturated heterocycles. The van der Waals surface area contributed by atoms with E-state index in [1.165, 1.54) is 23.2 Å². The molecule has 3 aromatic rings. The second-order valence-electron chi connectivity index (χ2n) is 8.88. The number of carbonyl (C=O) groups excluding carboxylic acids is 1. The standard InChI is InChI=1S/C24H23F3N6O2/c25-24(26,27)19-4-1-3-18(31-19)17-6-7-20(29-14-17)28-13-16-8-10-23(11-9-16)15-33(22(34)35-23)21-5-2-12-30-32-21/h1-7,12,14,16H,8-11,13,15H2,(H,28,29)/t16-,23-. The highest BCUT2D eigenvalue weighted by atomic mass is 19.4. The van der Waals surface area contributed by atoms with Crippen LogP contribution in [0.4, 0.5) is 29.6 Å². The molecular formula is C24H23F3N6O2. The Morgan fingerprint density at radius 3 is 2.63 bits per heavy atom. The normalized spacial score (nSPS) is 22.3. The van der Waals surface area contributed by atoms with Crippen molar-refractivity contribution in [1.82, 2.24) is 20.2 Å². The molecule has 1 amide bonds. The molecule has 3 aromatic heterocycles. The summed E-state index contributed by atoms with van der Waals surface area (Å²) < 4.78 is 44.5. The number of halogens is 3. The maximum Gasteiger partial charge on any atom is 0.433 e. The number of ether oxygens (including phenoxy) is 1. The number of hydrogen-bond donors (Lipinski definition) is 1. The van der Waals surface area contributed by atoms with Crippen molar-refractivity contribution in [3.05, 3.63) is 60.6 Å². The highest BCUT2D eigenvalue weighted by molar-refractivity contribution is 5.89. The third kappa shape index (κ3) is 5.03. The lowest BCUT2D eigenvalue weighted by Gasteiger charge is -2.35. The van der Waals surface area contributed by atoms with E-state index >= 15 is 0 Å². The number of aromatic nitrogens is 4. The van der Waals surface area contributed by atoms with Gasteiger partial charge < -0.3 is 10.1 Å². The third-order valence-electron chi connectivity index (χ3n) is 6.49. The molecule has 1 aliphatic heterocycles. The Morgan fingerprint density at radius 2 is 1.94 bits per heavy atom. The van der Waals surface area contributed by atoms with Gasteiger partial charge in [0.15, 0.2) is 5.82 Å². The van der Waals surface area contributed by atoms with Gasteiger partial charge in [-0.15, -0.1) is 5.10 Å². The molecule has 0 bridgehead atoms. The van der Waals surface area contributed by atoms with Crippen LogP contribution in [0.1, 0.15) is 31.4 Å². The van der Waals surface area contributed by atoms with Gasteiger partial charge in [0.05, 0.1) is 12.2 Å². The van der Waals surface area contributed by atoms with Gasteiger partial charge in [-0.25, -0.2) is 14.8 Å². The number of pyridine rings is 2. The van der Waals surface area contributed by atoms with E-state index < -0.39 is 17.5 Å². The van der Waals surface area contributed by atoms with E-state index in [1.54, 1.807) is 30.5 Å².